The lowest BCUT2D eigenvalue weighted by Gasteiger charge is -2.57. The predicted octanol–water partition coefficient (Wildman–Crippen LogP) is 2.85. The Kier molecular flexibility index (Phi) is 4.34. The Morgan fingerprint density at radius 1 is 1.21 bits per heavy atom. The average Bonchev–Trinajstić information content (AvgIpc) is 2.81. The van der Waals surface area contributed by atoms with Crippen LogP contribution in [0.25, 0.3) is 0 Å². The van der Waals surface area contributed by atoms with Crippen LogP contribution >= 0.6 is 0 Å². The molecule has 0 aromatic heterocycles. The van der Waals surface area contributed by atoms with E-state index in [9.17, 15) is 8.42 Å². The first kappa shape index (κ1) is 17.9. The van der Waals surface area contributed by atoms with Crippen LogP contribution in [0.15, 0.2) is 29.2 Å². The monoisotopic (exact) mass is 350 g/mol. The van der Waals surface area contributed by atoms with Crippen LogP contribution < -0.4 is 0 Å². The summed E-state index contributed by atoms with van der Waals surface area (Å²) in [6, 6.07) is 7.38. The molecule has 2 aliphatic rings. The van der Waals surface area contributed by atoms with E-state index in [4.69, 9.17) is 0 Å². The smallest absolute Gasteiger partial charge is 0.243 e. The summed E-state index contributed by atoms with van der Waals surface area (Å²) in [5.74, 6) is 0.442. The van der Waals surface area contributed by atoms with Gasteiger partial charge in [0.05, 0.1) is 4.90 Å². The van der Waals surface area contributed by atoms with Gasteiger partial charge in [0.25, 0.3) is 0 Å². The third-order valence-corrected chi connectivity index (χ3v) is 7.79. The summed E-state index contributed by atoms with van der Waals surface area (Å²) >= 11 is 0. The maximum Gasteiger partial charge on any atom is 0.243 e. The van der Waals surface area contributed by atoms with Crippen molar-refractivity contribution in [2.45, 2.75) is 38.5 Å². The molecule has 0 spiro atoms. The zero-order chi connectivity index (χ0) is 17.8. The largest absolute Gasteiger partial charge is 0.309 e. The van der Waals surface area contributed by atoms with Crippen molar-refractivity contribution < 1.29 is 8.42 Å². The lowest BCUT2D eigenvalue weighted by Crippen LogP contribution is -2.57. The molecule has 0 N–H and O–H groups in total. The highest BCUT2D eigenvalue weighted by Gasteiger charge is 2.64. The van der Waals surface area contributed by atoms with E-state index in [-0.39, 0.29) is 10.8 Å². The molecule has 0 unspecified atom stereocenters. The third-order valence-electron chi connectivity index (χ3n) is 5.97. The molecule has 0 amide bonds. The number of sulfonamides is 1. The van der Waals surface area contributed by atoms with Gasteiger partial charge in [-0.05, 0) is 56.0 Å². The van der Waals surface area contributed by atoms with Crippen molar-refractivity contribution >= 4 is 10.0 Å². The molecule has 1 aliphatic heterocycles. The van der Waals surface area contributed by atoms with Gasteiger partial charge in [0.1, 0.15) is 0 Å². The van der Waals surface area contributed by atoms with Crippen molar-refractivity contribution in [1.82, 2.24) is 9.21 Å². The lowest BCUT2D eigenvalue weighted by molar-refractivity contribution is -0.0789. The minimum atomic E-state index is -3.40. The second-order valence-electron chi connectivity index (χ2n) is 8.61. The van der Waals surface area contributed by atoms with E-state index in [1.54, 1.807) is 16.4 Å². The van der Waals surface area contributed by atoms with E-state index >= 15 is 0 Å². The molecule has 1 aromatic rings. The van der Waals surface area contributed by atoms with Gasteiger partial charge >= 0.3 is 0 Å². The molecule has 1 saturated heterocycles. The van der Waals surface area contributed by atoms with Crippen LogP contribution in [0.5, 0.6) is 0 Å². The minimum Gasteiger partial charge on any atom is -0.309 e. The number of hydrogen-bond acceptors (Lipinski definition) is 3. The van der Waals surface area contributed by atoms with Gasteiger partial charge in [0, 0.05) is 25.0 Å². The Bertz CT molecular complexity index is 705. The SMILES string of the molecule is CCc1ccc(S(=O)(=O)N2C[C@@H]3C(C)(C)C[C@]3(CN(C)C)C2)cc1. The normalized spacial score (nSPS) is 29.5. The third kappa shape index (κ3) is 2.80. The fourth-order valence-electron chi connectivity index (χ4n) is 5.15. The van der Waals surface area contributed by atoms with Gasteiger partial charge in [0.15, 0.2) is 0 Å². The number of nitrogens with zero attached hydrogens (tertiary/aromatic N) is 2. The Morgan fingerprint density at radius 2 is 1.83 bits per heavy atom. The number of hydrogen-bond donors (Lipinski definition) is 0. The number of benzene rings is 1. The second kappa shape index (κ2) is 5.82. The molecule has 4 nitrogen and oxygen atoms in total. The van der Waals surface area contributed by atoms with Gasteiger partial charge in [0.2, 0.25) is 10.0 Å². The molecule has 2 atom stereocenters. The van der Waals surface area contributed by atoms with Gasteiger partial charge in [-0.3, -0.25) is 0 Å². The molecule has 3 rings (SSSR count). The molecule has 0 radical (unpaired) electrons. The molecule has 1 aliphatic carbocycles. The van der Waals surface area contributed by atoms with E-state index < -0.39 is 10.0 Å². The van der Waals surface area contributed by atoms with Crippen LogP contribution in [0.2, 0.25) is 0 Å². The molecule has 5 heteroatoms. The molecule has 1 heterocycles. The second-order valence-corrected chi connectivity index (χ2v) is 10.6. The first-order valence-electron chi connectivity index (χ1n) is 8.84. The van der Waals surface area contributed by atoms with Gasteiger partial charge in [-0.2, -0.15) is 4.31 Å². The first-order valence-corrected chi connectivity index (χ1v) is 10.3. The molecular formula is C19H30N2O2S. The zero-order valence-corrected chi connectivity index (χ0v) is 16.4. The fourth-order valence-corrected chi connectivity index (χ4v) is 6.70. The van der Waals surface area contributed by atoms with Crippen molar-refractivity contribution in [3.8, 4) is 0 Å². The van der Waals surface area contributed by atoms with Gasteiger partial charge in [-0.1, -0.05) is 32.9 Å². The minimum absolute atomic E-state index is 0.115. The zero-order valence-electron chi connectivity index (χ0n) is 15.5. The van der Waals surface area contributed by atoms with Gasteiger partial charge in [-0.25, -0.2) is 8.42 Å². The van der Waals surface area contributed by atoms with Gasteiger partial charge < -0.3 is 4.90 Å². The first-order chi connectivity index (χ1) is 11.1. The van der Waals surface area contributed by atoms with Crippen LogP contribution in [0.3, 0.4) is 0 Å². The standard InChI is InChI=1S/C19H30N2O2S/c1-6-15-7-9-16(10-8-15)24(22,23)21-11-17-18(2,3)12-19(17,14-21)13-20(4)5/h7-10,17H,6,11-14H2,1-5H3/t17-,19+/m1/s1. The molecular weight excluding hydrogens is 320 g/mol. The maximum absolute atomic E-state index is 13.1. The number of fused-ring (bicyclic) bond motifs is 1. The molecule has 134 valence electrons. The highest BCUT2D eigenvalue weighted by atomic mass is 32.2. The summed E-state index contributed by atoms with van der Waals surface area (Å²) in [6.07, 6.45) is 2.02. The number of rotatable bonds is 5. The predicted molar refractivity (Wildman–Crippen MR) is 97.5 cm³/mol. The molecule has 0 bridgehead atoms. The molecule has 24 heavy (non-hydrogen) atoms. The van der Waals surface area contributed by atoms with Crippen LogP contribution in [-0.4, -0.2) is 51.4 Å². The van der Waals surface area contributed by atoms with Crippen molar-refractivity contribution in [2.75, 3.05) is 33.7 Å². The maximum atomic E-state index is 13.1. The van der Waals surface area contributed by atoms with Crippen molar-refractivity contribution in [3.63, 3.8) is 0 Å². The van der Waals surface area contributed by atoms with E-state index in [0.29, 0.717) is 23.9 Å². The Hall–Kier alpha value is -0.910. The highest BCUT2D eigenvalue weighted by molar-refractivity contribution is 7.89. The summed E-state index contributed by atoms with van der Waals surface area (Å²) in [5.41, 5.74) is 1.51. The topological polar surface area (TPSA) is 40.6 Å². The van der Waals surface area contributed by atoms with E-state index in [0.717, 1.165) is 19.4 Å². The van der Waals surface area contributed by atoms with E-state index in [1.807, 2.05) is 12.1 Å². The Labute approximate surface area is 146 Å². The van der Waals surface area contributed by atoms with Crippen LogP contribution in [-0.2, 0) is 16.4 Å². The summed E-state index contributed by atoms with van der Waals surface area (Å²) in [5, 5.41) is 0. The van der Waals surface area contributed by atoms with Crippen molar-refractivity contribution in [1.29, 1.82) is 0 Å². The van der Waals surface area contributed by atoms with Crippen LogP contribution in [0.4, 0.5) is 0 Å². The van der Waals surface area contributed by atoms with Crippen molar-refractivity contribution in [2.24, 2.45) is 16.7 Å². The quantitative estimate of drug-likeness (QED) is 0.820. The Morgan fingerprint density at radius 3 is 2.33 bits per heavy atom. The highest BCUT2D eigenvalue weighted by Crippen LogP contribution is 2.63. The molecule has 1 saturated carbocycles. The molecule has 1 aromatic carbocycles. The summed E-state index contributed by atoms with van der Waals surface area (Å²) in [7, 11) is 0.763. The number of aryl methyl sites for hydroxylation is 1. The lowest BCUT2D eigenvalue weighted by atomic mass is 9.48. The fraction of sp³-hybridized carbons (Fsp3) is 0.684. The van der Waals surface area contributed by atoms with Crippen LogP contribution in [0, 0.1) is 16.7 Å². The van der Waals surface area contributed by atoms with E-state index in [2.05, 4.69) is 39.8 Å². The van der Waals surface area contributed by atoms with Crippen molar-refractivity contribution in [3.05, 3.63) is 29.8 Å². The summed E-state index contributed by atoms with van der Waals surface area (Å²) in [4.78, 5) is 2.63. The Balaban J connectivity index is 1.87. The van der Waals surface area contributed by atoms with E-state index in [1.165, 1.54) is 5.56 Å². The van der Waals surface area contributed by atoms with Gasteiger partial charge in [-0.15, -0.1) is 0 Å². The summed E-state index contributed by atoms with van der Waals surface area (Å²) < 4.78 is 27.9. The molecule has 2 fully saturated rings. The average molecular weight is 351 g/mol. The van der Waals surface area contributed by atoms with Crippen LogP contribution in [0.1, 0.15) is 32.8 Å². The summed E-state index contributed by atoms with van der Waals surface area (Å²) in [6.45, 7) is 8.89.